The number of aromatic nitrogens is 2. The molecular formula is C39H45N2+. The van der Waals surface area contributed by atoms with Crippen molar-refractivity contribution < 1.29 is 4.57 Å². The van der Waals surface area contributed by atoms with Gasteiger partial charge in [-0.05, 0) is 62.8 Å². The van der Waals surface area contributed by atoms with E-state index in [-0.39, 0.29) is 12.1 Å². The maximum atomic E-state index is 2.45. The molecule has 5 rings (SSSR count). The van der Waals surface area contributed by atoms with Gasteiger partial charge in [0.15, 0.2) is 0 Å². The van der Waals surface area contributed by atoms with Gasteiger partial charge in [-0.2, -0.15) is 0 Å². The van der Waals surface area contributed by atoms with Crippen LogP contribution >= 0.6 is 0 Å². The summed E-state index contributed by atoms with van der Waals surface area (Å²) >= 11 is 0. The highest BCUT2D eigenvalue weighted by Crippen LogP contribution is 2.35. The van der Waals surface area contributed by atoms with Gasteiger partial charge in [-0.3, -0.25) is 0 Å². The highest BCUT2D eigenvalue weighted by Gasteiger charge is 2.26. The second-order valence-corrected chi connectivity index (χ2v) is 11.8. The molecule has 0 radical (unpaired) electrons. The van der Waals surface area contributed by atoms with Crippen molar-refractivity contribution in [3.05, 3.63) is 137 Å². The van der Waals surface area contributed by atoms with Gasteiger partial charge in [0.2, 0.25) is 6.33 Å². The molecule has 2 atom stereocenters. The van der Waals surface area contributed by atoms with Gasteiger partial charge < -0.3 is 0 Å². The second kappa shape index (κ2) is 12.7. The molecule has 1 aromatic heterocycles. The van der Waals surface area contributed by atoms with E-state index in [1.807, 2.05) is 0 Å². The topological polar surface area (TPSA) is 8.81 Å². The van der Waals surface area contributed by atoms with Crippen LogP contribution in [0.15, 0.2) is 104 Å². The van der Waals surface area contributed by atoms with E-state index in [1.165, 1.54) is 55.6 Å². The Morgan fingerprint density at radius 3 is 1.63 bits per heavy atom. The molecule has 2 nitrogen and oxygen atoms in total. The number of aryl methyl sites for hydroxylation is 4. The van der Waals surface area contributed by atoms with Crippen LogP contribution in [-0.4, -0.2) is 4.57 Å². The van der Waals surface area contributed by atoms with Crippen molar-refractivity contribution in [2.75, 3.05) is 0 Å². The SMILES string of the molecule is CCC[C@H](c1ccccc1-c1cc(C)cc(C)c1)n1cc[n+]([C@H](CCC)c2ccccc2-c2cc(C)cc(C)c2)c1. The van der Waals surface area contributed by atoms with E-state index in [0.717, 1.165) is 25.7 Å². The minimum absolute atomic E-state index is 0.273. The summed E-state index contributed by atoms with van der Waals surface area (Å²) in [6.45, 7) is 13.4. The Labute approximate surface area is 247 Å². The van der Waals surface area contributed by atoms with Crippen LogP contribution < -0.4 is 4.57 Å². The zero-order valence-corrected chi connectivity index (χ0v) is 25.7. The third kappa shape index (κ3) is 6.38. The lowest BCUT2D eigenvalue weighted by Gasteiger charge is -2.20. The quantitative estimate of drug-likeness (QED) is 0.156. The molecule has 0 bridgehead atoms. The fourth-order valence-electron chi connectivity index (χ4n) is 6.59. The molecule has 0 aliphatic heterocycles. The summed E-state index contributed by atoms with van der Waals surface area (Å²) in [5.74, 6) is 0. The standard InChI is InChI=1S/C39H45N2/c1-7-13-38(36-17-11-9-15-34(36)32-23-28(3)21-29(4)24-32)40-19-20-41(27-40)39(14-8-2)37-18-12-10-16-35(37)33-25-30(5)22-31(6)26-33/h9-12,15-27,38-39H,7-8,13-14H2,1-6H3/q+1/t38-,39-/m1/s1. The van der Waals surface area contributed by atoms with Crippen LogP contribution in [0.1, 0.15) is 85.0 Å². The first-order valence-electron chi connectivity index (χ1n) is 15.3. The van der Waals surface area contributed by atoms with Crippen LogP contribution in [-0.2, 0) is 0 Å². The van der Waals surface area contributed by atoms with Crippen molar-refractivity contribution in [2.24, 2.45) is 0 Å². The number of rotatable bonds is 10. The van der Waals surface area contributed by atoms with E-state index in [0.29, 0.717) is 0 Å². The number of imidazole rings is 1. The zero-order chi connectivity index (χ0) is 28.9. The normalized spacial score (nSPS) is 12.8. The minimum Gasteiger partial charge on any atom is -0.230 e. The smallest absolute Gasteiger partial charge is 0.230 e. The summed E-state index contributed by atoms with van der Waals surface area (Å²) in [5, 5.41) is 0. The first-order valence-corrected chi connectivity index (χ1v) is 15.3. The number of hydrogen-bond acceptors (Lipinski definition) is 0. The molecule has 0 amide bonds. The average molecular weight is 542 g/mol. The Morgan fingerprint density at radius 1 is 0.610 bits per heavy atom. The van der Waals surface area contributed by atoms with Crippen LogP contribution in [0.25, 0.3) is 22.3 Å². The molecule has 4 aromatic carbocycles. The van der Waals surface area contributed by atoms with E-state index in [2.05, 4.69) is 154 Å². The zero-order valence-electron chi connectivity index (χ0n) is 25.7. The van der Waals surface area contributed by atoms with Crippen LogP contribution in [0, 0.1) is 27.7 Å². The summed E-state index contributed by atoms with van der Waals surface area (Å²) in [7, 11) is 0. The van der Waals surface area contributed by atoms with Crippen molar-refractivity contribution in [3.8, 4) is 22.3 Å². The van der Waals surface area contributed by atoms with Crippen molar-refractivity contribution >= 4 is 0 Å². The maximum absolute atomic E-state index is 2.45. The van der Waals surface area contributed by atoms with Crippen molar-refractivity contribution in [2.45, 2.75) is 79.3 Å². The van der Waals surface area contributed by atoms with Crippen molar-refractivity contribution in [1.82, 2.24) is 4.57 Å². The Morgan fingerprint density at radius 2 is 1.10 bits per heavy atom. The van der Waals surface area contributed by atoms with Gasteiger partial charge >= 0.3 is 0 Å². The van der Waals surface area contributed by atoms with Gasteiger partial charge in [-0.25, -0.2) is 9.13 Å². The molecule has 0 N–H and O–H groups in total. The molecule has 41 heavy (non-hydrogen) atoms. The third-order valence-corrected chi connectivity index (χ3v) is 8.23. The lowest BCUT2D eigenvalue weighted by molar-refractivity contribution is -0.714. The molecule has 0 spiro atoms. The molecule has 210 valence electrons. The van der Waals surface area contributed by atoms with E-state index in [9.17, 15) is 0 Å². The van der Waals surface area contributed by atoms with Gasteiger partial charge in [0.05, 0.1) is 0 Å². The van der Waals surface area contributed by atoms with Crippen LogP contribution in [0.5, 0.6) is 0 Å². The number of nitrogens with zero attached hydrogens (tertiary/aromatic N) is 2. The Bertz CT molecular complexity index is 1460. The molecule has 1 heterocycles. The van der Waals surface area contributed by atoms with Crippen LogP contribution in [0.4, 0.5) is 0 Å². The minimum atomic E-state index is 0.273. The predicted molar refractivity (Wildman–Crippen MR) is 173 cm³/mol. The predicted octanol–water partition coefficient (Wildman–Crippen LogP) is 10.1. The van der Waals surface area contributed by atoms with E-state index in [4.69, 9.17) is 0 Å². The third-order valence-electron chi connectivity index (χ3n) is 8.23. The lowest BCUT2D eigenvalue weighted by Crippen LogP contribution is -2.38. The fraction of sp³-hybridized carbons (Fsp3) is 0.308. The van der Waals surface area contributed by atoms with Crippen molar-refractivity contribution in [1.29, 1.82) is 0 Å². The maximum Gasteiger partial charge on any atom is 0.244 e. The molecule has 0 aliphatic rings. The van der Waals surface area contributed by atoms with Gasteiger partial charge in [0.25, 0.3) is 0 Å². The molecule has 2 heteroatoms. The Kier molecular flexibility index (Phi) is 8.88. The lowest BCUT2D eigenvalue weighted by atomic mass is 9.91. The Balaban J connectivity index is 1.57. The number of benzene rings is 4. The molecular weight excluding hydrogens is 496 g/mol. The van der Waals surface area contributed by atoms with Crippen molar-refractivity contribution in [3.63, 3.8) is 0 Å². The molecule has 0 saturated carbocycles. The first kappa shape index (κ1) is 28.6. The van der Waals surface area contributed by atoms with Gasteiger partial charge in [0, 0.05) is 11.1 Å². The number of hydrogen-bond donors (Lipinski definition) is 0. The van der Waals surface area contributed by atoms with E-state index < -0.39 is 0 Å². The highest BCUT2D eigenvalue weighted by molar-refractivity contribution is 5.70. The Hall–Kier alpha value is -3.91. The molecule has 0 aliphatic carbocycles. The summed E-state index contributed by atoms with van der Waals surface area (Å²) in [4.78, 5) is 0. The highest BCUT2D eigenvalue weighted by atomic mass is 15.1. The largest absolute Gasteiger partial charge is 0.244 e. The molecule has 0 saturated heterocycles. The summed E-state index contributed by atoms with van der Waals surface area (Å²) in [6.07, 6.45) is 11.4. The monoisotopic (exact) mass is 541 g/mol. The average Bonchev–Trinajstić information content (AvgIpc) is 3.43. The van der Waals surface area contributed by atoms with Gasteiger partial charge in [-0.1, -0.05) is 134 Å². The van der Waals surface area contributed by atoms with Crippen LogP contribution in [0.3, 0.4) is 0 Å². The van der Waals surface area contributed by atoms with E-state index in [1.54, 1.807) is 0 Å². The first-order chi connectivity index (χ1) is 19.9. The molecule has 0 unspecified atom stereocenters. The van der Waals surface area contributed by atoms with Gasteiger partial charge in [0.1, 0.15) is 24.5 Å². The summed E-state index contributed by atoms with van der Waals surface area (Å²) < 4.78 is 4.90. The summed E-state index contributed by atoms with van der Waals surface area (Å²) in [6, 6.07) is 32.4. The van der Waals surface area contributed by atoms with Crippen LogP contribution in [0.2, 0.25) is 0 Å². The fourth-order valence-corrected chi connectivity index (χ4v) is 6.59. The van der Waals surface area contributed by atoms with Gasteiger partial charge in [-0.15, -0.1) is 0 Å². The second-order valence-electron chi connectivity index (χ2n) is 11.8. The molecule has 5 aromatic rings. The summed E-state index contributed by atoms with van der Waals surface area (Å²) in [5.41, 5.74) is 13.3. The molecule has 0 fully saturated rings. The van der Waals surface area contributed by atoms with E-state index >= 15 is 0 Å².